The molecule has 42 heavy (non-hydrogen) atoms. The van der Waals surface area contributed by atoms with E-state index in [1.165, 1.54) is 10.9 Å². The number of aliphatic hydroxyl groups is 3. The molecule has 0 amide bonds. The number of aliphatic hydroxyl groups excluding tert-OH is 3. The lowest BCUT2D eigenvalue weighted by molar-refractivity contribution is -0.0511. The lowest BCUT2D eigenvalue weighted by Crippen LogP contribution is -2.33. The van der Waals surface area contributed by atoms with Crippen LogP contribution in [0.2, 0.25) is 0 Å². The minimum absolute atomic E-state index is 0.257. The molecule has 0 radical (unpaired) electrons. The first kappa shape index (κ1) is 26.9. The second kappa shape index (κ2) is 11.0. The quantitative estimate of drug-likeness (QED) is 0.186. The summed E-state index contributed by atoms with van der Waals surface area (Å²) in [5.41, 5.74) is 3.45. The first-order valence-corrected chi connectivity index (χ1v) is 14.3. The van der Waals surface area contributed by atoms with Gasteiger partial charge in [-0.2, -0.15) is 15.1 Å². The third-order valence-corrected chi connectivity index (χ3v) is 7.96. The number of hydrogen-bond donors (Lipinski definition) is 4. The Balaban J connectivity index is 1.32. The first-order valence-electron chi connectivity index (χ1n) is 13.2. The van der Waals surface area contributed by atoms with Crippen LogP contribution in [0.1, 0.15) is 11.8 Å². The van der Waals surface area contributed by atoms with Crippen molar-refractivity contribution in [3.8, 4) is 17.2 Å². The zero-order valence-corrected chi connectivity index (χ0v) is 24.1. The number of anilines is 1. The molecule has 0 saturated carbocycles. The predicted molar refractivity (Wildman–Crippen MR) is 163 cm³/mol. The Morgan fingerprint density at radius 3 is 2.71 bits per heavy atom. The molecular formula is C29H25IN8O4. The summed E-state index contributed by atoms with van der Waals surface area (Å²) in [6.07, 6.45) is 2.26. The Kier molecular flexibility index (Phi) is 7.03. The normalized spacial score (nSPS) is 20.5. The monoisotopic (exact) mass is 676 g/mol. The highest BCUT2D eigenvalue weighted by molar-refractivity contribution is 14.1. The van der Waals surface area contributed by atoms with Gasteiger partial charge in [-0.3, -0.25) is 9.55 Å². The number of aromatic nitrogens is 7. The summed E-state index contributed by atoms with van der Waals surface area (Å²) in [6.45, 7) is 0.0376. The fraction of sp³-hybridized carbons (Fsp3) is 0.207. The van der Waals surface area contributed by atoms with Crippen molar-refractivity contribution in [1.29, 1.82) is 0 Å². The molecular weight excluding hydrogens is 651 g/mol. The van der Waals surface area contributed by atoms with Crippen molar-refractivity contribution in [3.05, 3.63) is 88.6 Å². The number of imidazole rings is 1. The number of hydrogen-bond acceptors (Lipinski definition) is 10. The number of halogens is 1. The third-order valence-electron chi connectivity index (χ3n) is 7.28. The highest BCUT2D eigenvalue weighted by Crippen LogP contribution is 2.33. The van der Waals surface area contributed by atoms with Crippen molar-refractivity contribution < 1.29 is 20.1 Å². The number of nitrogens with one attached hydrogen (secondary N) is 1. The summed E-state index contributed by atoms with van der Waals surface area (Å²) in [5.74, 6) is 0.715. The number of rotatable bonds is 7. The van der Waals surface area contributed by atoms with Crippen LogP contribution >= 0.6 is 22.6 Å². The molecule has 4 atom stereocenters. The van der Waals surface area contributed by atoms with Gasteiger partial charge >= 0.3 is 0 Å². The standard InChI is InChI=1S/C29H25IN8O4/c30-19-6-3-4-16(10-19)11-32-26-23-27(37(15-33-23)28-25(41)24(40)21(14-39)42-28)36-29(35-26)38-13-18(12-34-38)22-20-7-2-1-5-17(20)8-9-31-22/h1-10,12-13,15,21,24-25,28,39-41H,11,14H2,(H,32,35,36)/t21-,24-,25-,28?/m1/s1. The van der Waals surface area contributed by atoms with Crippen LogP contribution in [0.15, 0.2) is 79.5 Å². The molecule has 1 fully saturated rings. The van der Waals surface area contributed by atoms with Gasteiger partial charge in [-0.15, -0.1) is 0 Å². The van der Waals surface area contributed by atoms with Crippen molar-refractivity contribution in [1.82, 2.24) is 34.3 Å². The van der Waals surface area contributed by atoms with Crippen LogP contribution < -0.4 is 5.32 Å². The van der Waals surface area contributed by atoms with Gasteiger partial charge in [0.15, 0.2) is 23.2 Å². The second-order valence-electron chi connectivity index (χ2n) is 9.96. The SMILES string of the molecule is OC[C@H]1OC(n2cnc3c(NCc4cccc(I)c4)nc(-n4cc(-c5nccc6ccccc56)cn4)nc32)[C@H](O)[C@@H]1O. The lowest BCUT2D eigenvalue weighted by atomic mass is 10.1. The van der Waals surface area contributed by atoms with Gasteiger partial charge in [-0.1, -0.05) is 36.4 Å². The number of benzene rings is 2. The molecule has 13 heteroatoms. The summed E-state index contributed by atoms with van der Waals surface area (Å²) >= 11 is 2.27. The molecule has 0 bridgehead atoms. The van der Waals surface area contributed by atoms with Crippen LogP contribution in [-0.2, 0) is 11.3 Å². The highest BCUT2D eigenvalue weighted by atomic mass is 127. The van der Waals surface area contributed by atoms with Crippen molar-refractivity contribution >= 4 is 50.3 Å². The fourth-order valence-electron chi connectivity index (χ4n) is 5.16. The molecule has 6 aromatic rings. The van der Waals surface area contributed by atoms with E-state index in [1.807, 2.05) is 54.7 Å². The molecule has 0 aliphatic carbocycles. The number of nitrogens with zero attached hydrogens (tertiary/aromatic N) is 7. The molecule has 4 aromatic heterocycles. The van der Waals surface area contributed by atoms with Crippen molar-refractivity contribution in [3.63, 3.8) is 0 Å². The third kappa shape index (κ3) is 4.78. The maximum absolute atomic E-state index is 10.7. The first-order chi connectivity index (χ1) is 20.5. The Bertz CT molecular complexity index is 1900. The fourth-order valence-corrected chi connectivity index (χ4v) is 5.77. The minimum Gasteiger partial charge on any atom is -0.394 e. The topological polar surface area (TPSA) is 156 Å². The van der Waals surface area contributed by atoms with E-state index in [0.717, 1.165) is 31.2 Å². The van der Waals surface area contributed by atoms with Crippen molar-refractivity contribution in [2.75, 3.05) is 11.9 Å². The molecule has 212 valence electrons. The van der Waals surface area contributed by atoms with Crippen molar-refractivity contribution in [2.45, 2.75) is 31.1 Å². The van der Waals surface area contributed by atoms with Gasteiger partial charge in [0.05, 0.1) is 24.8 Å². The van der Waals surface area contributed by atoms with E-state index in [-0.39, 0.29) is 5.95 Å². The summed E-state index contributed by atoms with van der Waals surface area (Å²) in [4.78, 5) is 18.6. The summed E-state index contributed by atoms with van der Waals surface area (Å²) < 4.78 is 9.99. The Hall–Kier alpha value is -4.02. The molecule has 1 aliphatic heterocycles. The van der Waals surface area contributed by atoms with Crippen LogP contribution in [0.4, 0.5) is 5.82 Å². The molecule has 2 aromatic carbocycles. The van der Waals surface area contributed by atoms with Crippen LogP contribution in [0.5, 0.6) is 0 Å². The molecule has 12 nitrogen and oxygen atoms in total. The molecule has 1 unspecified atom stereocenters. The Morgan fingerprint density at radius 1 is 1.00 bits per heavy atom. The van der Waals surface area contributed by atoms with Gasteiger partial charge in [0, 0.05) is 33.5 Å². The van der Waals surface area contributed by atoms with E-state index in [4.69, 9.17) is 14.7 Å². The summed E-state index contributed by atoms with van der Waals surface area (Å²) in [6, 6.07) is 18.1. The maximum atomic E-state index is 10.7. The summed E-state index contributed by atoms with van der Waals surface area (Å²) in [5, 5.41) is 40.7. The van der Waals surface area contributed by atoms with Gasteiger partial charge in [-0.25, -0.2) is 9.67 Å². The Morgan fingerprint density at radius 2 is 1.88 bits per heavy atom. The van der Waals surface area contributed by atoms with E-state index < -0.39 is 31.1 Å². The second-order valence-corrected chi connectivity index (χ2v) is 11.2. The lowest BCUT2D eigenvalue weighted by Gasteiger charge is -2.17. The number of fused-ring (bicyclic) bond motifs is 2. The van der Waals surface area contributed by atoms with Crippen LogP contribution in [-0.4, -0.2) is 74.5 Å². The highest BCUT2D eigenvalue weighted by Gasteiger charge is 2.44. The predicted octanol–water partition coefficient (Wildman–Crippen LogP) is 3.06. The van der Waals surface area contributed by atoms with E-state index in [0.29, 0.717) is 23.5 Å². The smallest absolute Gasteiger partial charge is 0.254 e. The van der Waals surface area contributed by atoms with Crippen LogP contribution in [0.3, 0.4) is 0 Å². The molecule has 1 aliphatic rings. The molecule has 4 N–H and O–H groups in total. The molecule has 7 rings (SSSR count). The van der Waals surface area contributed by atoms with Crippen molar-refractivity contribution in [2.24, 2.45) is 0 Å². The maximum Gasteiger partial charge on any atom is 0.254 e. The van der Waals surface area contributed by atoms with Gasteiger partial charge in [0.25, 0.3) is 5.95 Å². The molecule has 0 spiro atoms. The molecule has 5 heterocycles. The Labute approximate surface area is 252 Å². The number of pyridine rings is 1. The van der Waals surface area contributed by atoms with Gasteiger partial charge in [0.1, 0.15) is 18.3 Å². The van der Waals surface area contributed by atoms with Gasteiger partial charge in [0.2, 0.25) is 0 Å². The van der Waals surface area contributed by atoms with Crippen LogP contribution in [0.25, 0.3) is 39.1 Å². The van der Waals surface area contributed by atoms with E-state index in [2.05, 4.69) is 49.0 Å². The van der Waals surface area contributed by atoms with Gasteiger partial charge < -0.3 is 25.4 Å². The minimum atomic E-state index is -1.30. The molecule has 1 saturated heterocycles. The largest absolute Gasteiger partial charge is 0.394 e. The average molecular weight is 676 g/mol. The summed E-state index contributed by atoms with van der Waals surface area (Å²) in [7, 11) is 0. The average Bonchev–Trinajstić information content (AvgIpc) is 3.74. The van der Waals surface area contributed by atoms with E-state index in [1.54, 1.807) is 17.1 Å². The van der Waals surface area contributed by atoms with E-state index in [9.17, 15) is 15.3 Å². The zero-order valence-electron chi connectivity index (χ0n) is 22.0. The van der Waals surface area contributed by atoms with Gasteiger partial charge in [-0.05, 0) is 51.7 Å². The van der Waals surface area contributed by atoms with E-state index >= 15 is 0 Å². The number of ether oxygens (including phenoxy) is 1. The van der Waals surface area contributed by atoms with Crippen LogP contribution in [0, 0.1) is 3.57 Å². The zero-order chi connectivity index (χ0) is 28.8.